The molecule has 0 aliphatic heterocycles. The Kier molecular flexibility index (Phi) is 3.03. The van der Waals surface area contributed by atoms with Crippen LogP contribution in [-0.4, -0.2) is 0 Å². The number of nitrogen functional groups attached to an aromatic ring is 1. The van der Waals surface area contributed by atoms with Gasteiger partial charge < -0.3 is 10.2 Å². The SMILES string of the molecule is NNc1ccc(Oc2ccccc2F)cc1. The number of para-hydroxylation sites is 1. The number of hydrazine groups is 1. The maximum atomic E-state index is 13.3. The molecule has 16 heavy (non-hydrogen) atoms. The van der Waals surface area contributed by atoms with Crippen molar-refractivity contribution < 1.29 is 9.13 Å². The molecule has 0 fully saturated rings. The van der Waals surface area contributed by atoms with E-state index in [9.17, 15) is 4.39 Å². The summed E-state index contributed by atoms with van der Waals surface area (Å²) >= 11 is 0. The zero-order valence-corrected chi connectivity index (χ0v) is 8.48. The molecule has 0 radical (unpaired) electrons. The van der Waals surface area contributed by atoms with E-state index in [1.54, 1.807) is 42.5 Å². The maximum absolute atomic E-state index is 13.3. The van der Waals surface area contributed by atoms with Crippen LogP contribution < -0.4 is 16.0 Å². The number of anilines is 1. The maximum Gasteiger partial charge on any atom is 0.165 e. The van der Waals surface area contributed by atoms with Gasteiger partial charge in [-0.1, -0.05) is 12.1 Å². The van der Waals surface area contributed by atoms with Gasteiger partial charge in [0.05, 0.1) is 0 Å². The van der Waals surface area contributed by atoms with Crippen molar-refractivity contribution >= 4 is 5.69 Å². The Labute approximate surface area is 92.6 Å². The van der Waals surface area contributed by atoms with Gasteiger partial charge in [0.15, 0.2) is 11.6 Å². The molecule has 4 heteroatoms. The Morgan fingerprint density at radius 1 is 1.00 bits per heavy atom. The van der Waals surface area contributed by atoms with E-state index in [4.69, 9.17) is 10.6 Å². The fourth-order valence-corrected chi connectivity index (χ4v) is 1.27. The first kappa shape index (κ1) is 10.4. The molecule has 2 aromatic rings. The van der Waals surface area contributed by atoms with Gasteiger partial charge in [0.2, 0.25) is 0 Å². The molecule has 82 valence electrons. The molecule has 0 saturated carbocycles. The molecule has 0 amide bonds. The topological polar surface area (TPSA) is 47.3 Å². The Bertz CT molecular complexity index is 471. The third-order valence-electron chi connectivity index (χ3n) is 2.09. The van der Waals surface area contributed by atoms with Gasteiger partial charge in [0.1, 0.15) is 5.75 Å². The van der Waals surface area contributed by atoms with Crippen LogP contribution in [0.3, 0.4) is 0 Å². The number of rotatable bonds is 3. The lowest BCUT2D eigenvalue weighted by molar-refractivity contribution is 0.442. The van der Waals surface area contributed by atoms with E-state index in [1.807, 2.05) is 0 Å². The Morgan fingerprint density at radius 3 is 2.31 bits per heavy atom. The van der Waals surface area contributed by atoms with Crippen LogP contribution in [0.1, 0.15) is 0 Å². The predicted octanol–water partition coefficient (Wildman–Crippen LogP) is 2.90. The first-order chi connectivity index (χ1) is 7.79. The molecule has 3 nitrogen and oxygen atoms in total. The second-order valence-electron chi connectivity index (χ2n) is 3.20. The fraction of sp³-hybridized carbons (Fsp3) is 0. The summed E-state index contributed by atoms with van der Waals surface area (Å²) in [5.74, 6) is 5.60. The Morgan fingerprint density at radius 2 is 1.69 bits per heavy atom. The minimum absolute atomic E-state index is 0.205. The highest BCUT2D eigenvalue weighted by Gasteiger charge is 2.02. The molecule has 2 aromatic carbocycles. The van der Waals surface area contributed by atoms with Gasteiger partial charge in [0.25, 0.3) is 0 Å². The summed E-state index contributed by atoms with van der Waals surface area (Å²) in [6, 6.07) is 13.2. The van der Waals surface area contributed by atoms with Gasteiger partial charge in [-0.2, -0.15) is 0 Å². The van der Waals surface area contributed by atoms with Crippen LogP contribution in [0.2, 0.25) is 0 Å². The monoisotopic (exact) mass is 218 g/mol. The summed E-state index contributed by atoms with van der Waals surface area (Å²) < 4.78 is 18.6. The van der Waals surface area contributed by atoms with Gasteiger partial charge in [0, 0.05) is 5.69 Å². The molecule has 0 spiro atoms. The van der Waals surface area contributed by atoms with Crippen LogP contribution in [0.5, 0.6) is 11.5 Å². The van der Waals surface area contributed by atoms with Gasteiger partial charge in [-0.05, 0) is 36.4 Å². The standard InChI is InChI=1S/C12H11FN2O/c13-11-3-1-2-4-12(11)16-10-7-5-9(15-14)6-8-10/h1-8,15H,14H2. The average Bonchev–Trinajstić information content (AvgIpc) is 2.33. The first-order valence-corrected chi connectivity index (χ1v) is 4.78. The van der Waals surface area contributed by atoms with Crippen molar-refractivity contribution in [2.24, 2.45) is 5.84 Å². The summed E-state index contributed by atoms with van der Waals surface area (Å²) in [6.07, 6.45) is 0. The van der Waals surface area contributed by atoms with E-state index in [1.165, 1.54) is 6.07 Å². The molecule has 0 atom stereocenters. The van der Waals surface area contributed by atoms with Crippen LogP contribution >= 0.6 is 0 Å². The molecule has 2 rings (SSSR count). The van der Waals surface area contributed by atoms with Crippen molar-refractivity contribution in [1.82, 2.24) is 0 Å². The lowest BCUT2D eigenvalue weighted by atomic mass is 10.3. The number of benzene rings is 2. The molecule has 0 saturated heterocycles. The van der Waals surface area contributed by atoms with Gasteiger partial charge >= 0.3 is 0 Å². The van der Waals surface area contributed by atoms with E-state index in [2.05, 4.69) is 5.43 Å². The molecule has 0 aliphatic carbocycles. The second-order valence-corrected chi connectivity index (χ2v) is 3.20. The van der Waals surface area contributed by atoms with Crippen molar-refractivity contribution in [3.8, 4) is 11.5 Å². The zero-order chi connectivity index (χ0) is 11.4. The quantitative estimate of drug-likeness (QED) is 0.615. The van der Waals surface area contributed by atoms with E-state index in [0.29, 0.717) is 5.75 Å². The molecule has 0 unspecified atom stereocenters. The highest BCUT2D eigenvalue weighted by Crippen LogP contribution is 2.24. The molecular weight excluding hydrogens is 207 g/mol. The van der Waals surface area contributed by atoms with Crippen LogP contribution in [0.25, 0.3) is 0 Å². The molecule has 0 bridgehead atoms. The summed E-state index contributed by atoms with van der Waals surface area (Å²) in [5.41, 5.74) is 3.26. The average molecular weight is 218 g/mol. The number of hydrogen-bond donors (Lipinski definition) is 2. The normalized spacial score (nSPS) is 9.88. The lowest BCUT2D eigenvalue weighted by Crippen LogP contribution is -2.05. The predicted molar refractivity (Wildman–Crippen MR) is 60.7 cm³/mol. The number of nitrogens with one attached hydrogen (secondary N) is 1. The smallest absolute Gasteiger partial charge is 0.165 e. The van der Waals surface area contributed by atoms with Gasteiger partial charge in [-0.25, -0.2) is 4.39 Å². The first-order valence-electron chi connectivity index (χ1n) is 4.78. The molecule has 0 heterocycles. The van der Waals surface area contributed by atoms with Crippen molar-refractivity contribution in [1.29, 1.82) is 0 Å². The zero-order valence-electron chi connectivity index (χ0n) is 8.48. The molecular formula is C12H11FN2O. The third kappa shape index (κ3) is 2.29. The number of hydrogen-bond acceptors (Lipinski definition) is 3. The van der Waals surface area contributed by atoms with E-state index < -0.39 is 0 Å². The second kappa shape index (κ2) is 4.63. The summed E-state index contributed by atoms with van der Waals surface area (Å²) in [7, 11) is 0. The van der Waals surface area contributed by atoms with Gasteiger partial charge in [-0.15, -0.1) is 0 Å². The van der Waals surface area contributed by atoms with Crippen molar-refractivity contribution in [3.63, 3.8) is 0 Å². The van der Waals surface area contributed by atoms with Crippen molar-refractivity contribution in [2.45, 2.75) is 0 Å². The lowest BCUT2D eigenvalue weighted by Gasteiger charge is -2.07. The van der Waals surface area contributed by atoms with Crippen LogP contribution in [-0.2, 0) is 0 Å². The van der Waals surface area contributed by atoms with Crippen molar-refractivity contribution in [3.05, 3.63) is 54.3 Å². The summed E-state index contributed by atoms with van der Waals surface area (Å²) in [5, 5.41) is 0. The van der Waals surface area contributed by atoms with Crippen molar-refractivity contribution in [2.75, 3.05) is 5.43 Å². The van der Waals surface area contributed by atoms with Crippen LogP contribution in [0.4, 0.5) is 10.1 Å². The minimum atomic E-state index is -0.386. The highest BCUT2D eigenvalue weighted by molar-refractivity contribution is 5.46. The van der Waals surface area contributed by atoms with E-state index >= 15 is 0 Å². The Balaban J connectivity index is 2.18. The largest absolute Gasteiger partial charge is 0.454 e. The summed E-state index contributed by atoms with van der Waals surface area (Å²) in [4.78, 5) is 0. The molecule has 3 N–H and O–H groups in total. The molecule has 0 aromatic heterocycles. The minimum Gasteiger partial charge on any atom is -0.454 e. The highest BCUT2D eigenvalue weighted by atomic mass is 19.1. The number of nitrogens with two attached hydrogens (primary N) is 1. The fourth-order valence-electron chi connectivity index (χ4n) is 1.27. The van der Waals surface area contributed by atoms with Crippen LogP contribution in [0, 0.1) is 5.82 Å². The molecule has 0 aliphatic rings. The third-order valence-corrected chi connectivity index (χ3v) is 2.09. The Hall–Kier alpha value is -2.07. The number of halogens is 1. The van der Waals surface area contributed by atoms with Crippen LogP contribution in [0.15, 0.2) is 48.5 Å². The van der Waals surface area contributed by atoms with E-state index in [0.717, 1.165) is 5.69 Å². The van der Waals surface area contributed by atoms with Gasteiger partial charge in [-0.3, -0.25) is 5.84 Å². The number of ether oxygens (including phenoxy) is 1. The summed E-state index contributed by atoms with van der Waals surface area (Å²) in [6.45, 7) is 0. The van der Waals surface area contributed by atoms with E-state index in [-0.39, 0.29) is 11.6 Å².